The zero-order valence-electron chi connectivity index (χ0n) is 11.2. The van der Waals surface area contributed by atoms with Gasteiger partial charge in [-0.2, -0.15) is 5.10 Å². The summed E-state index contributed by atoms with van der Waals surface area (Å²) in [5.74, 6) is -0.449. The maximum absolute atomic E-state index is 13.7. The maximum atomic E-state index is 13.7. The SMILES string of the molecule is CC(C)Nc1cnn(Cc2c(F)cccc2Cl)c(=O)c1. The third kappa shape index (κ3) is 3.36. The molecule has 2 rings (SSSR count). The minimum atomic E-state index is -0.449. The first kappa shape index (κ1) is 14.5. The van der Waals surface area contributed by atoms with Crippen LogP contribution in [0.2, 0.25) is 5.02 Å². The molecule has 106 valence electrons. The minimum Gasteiger partial charge on any atom is -0.381 e. The van der Waals surface area contributed by atoms with Crippen molar-refractivity contribution in [1.29, 1.82) is 0 Å². The molecular formula is C14H15ClFN3O. The van der Waals surface area contributed by atoms with Gasteiger partial charge in [0, 0.05) is 22.7 Å². The fourth-order valence-corrected chi connectivity index (χ4v) is 2.02. The van der Waals surface area contributed by atoms with Crippen molar-refractivity contribution in [1.82, 2.24) is 9.78 Å². The van der Waals surface area contributed by atoms with Gasteiger partial charge >= 0.3 is 0 Å². The van der Waals surface area contributed by atoms with Crippen LogP contribution in [-0.2, 0) is 6.54 Å². The van der Waals surface area contributed by atoms with Gasteiger partial charge in [0.25, 0.3) is 5.56 Å². The number of anilines is 1. The lowest BCUT2D eigenvalue weighted by atomic mass is 10.2. The van der Waals surface area contributed by atoms with E-state index in [9.17, 15) is 9.18 Å². The summed E-state index contributed by atoms with van der Waals surface area (Å²) in [7, 11) is 0. The summed E-state index contributed by atoms with van der Waals surface area (Å²) in [6.07, 6.45) is 1.54. The Morgan fingerprint density at radius 2 is 2.20 bits per heavy atom. The molecule has 1 aromatic heterocycles. The summed E-state index contributed by atoms with van der Waals surface area (Å²) in [6.45, 7) is 3.93. The van der Waals surface area contributed by atoms with E-state index in [0.717, 1.165) is 0 Å². The van der Waals surface area contributed by atoms with Crippen molar-refractivity contribution in [3.8, 4) is 0 Å². The van der Waals surface area contributed by atoms with E-state index in [1.807, 2.05) is 13.8 Å². The van der Waals surface area contributed by atoms with Gasteiger partial charge in [-0.05, 0) is 26.0 Å². The topological polar surface area (TPSA) is 46.9 Å². The molecule has 1 aromatic carbocycles. The van der Waals surface area contributed by atoms with Crippen LogP contribution in [-0.4, -0.2) is 15.8 Å². The van der Waals surface area contributed by atoms with E-state index in [2.05, 4.69) is 10.4 Å². The van der Waals surface area contributed by atoms with E-state index >= 15 is 0 Å². The second-order valence-corrected chi connectivity index (χ2v) is 5.15. The lowest BCUT2D eigenvalue weighted by Crippen LogP contribution is -2.24. The summed E-state index contributed by atoms with van der Waals surface area (Å²) in [5, 5.41) is 7.39. The highest BCUT2D eigenvalue weighted by atomic mass is 35.5. The van der Waals surface area contributed by atoms with Gasteiger partial charge in [0.2, 0.25) is 0 Å². The largest absolute Gasteiger partial charge is 0.381 e. The van der Waals surface area contributed by atoms with Gasteiger partial charge in [0.1, 0.15) is 5.82 Å². The molecule has 1 heterocycles. The first-order chi connectivity index (χ1) is 9.47. The quantitative estimate of drug-likeness (QED) is 0.943. The van der Waals surface area contributed by atoms with Crippen molar-refractivity contribution in [3.63, 3.8) is 0 Å². The lowest BCUT2D eigenvalue weighted by Gasteiger charge is -2.11. The van der Waals surface area contributed by atoms with E-state index < -0.39 is 5.82 Å². The summed E-state index contributed by atoms with van der Waals surface area (Å²) >= 11 is 5.94. The Morgan fingerprint density at radius 1 is 1.45 bits per heavy atom. The minimum absolute atomic E-state index is 0.00625. The van der Waals surface area contributed by atoms with Crippen molar-refractivity contribution < 1.29 is 4.39 Å². The van der Waals surface area contributed by atoms with Crippen LogP contribution < -0.4 is 10.9 Å². The molecule has 0 spiro atoms. The van der Waals surface area contributed by atoms with Crippen LogP contribution in [0.25, 0.3) is 0 Å². The Hall–Kier alpha value is -1.88. The first-order valence-electron chi connectivity index (χ1n) is 6.24. The number of benzene rings is 1. The second kappa shape index (κ2) is 6.05. The van der Waals surface area contributed by atoms with Crippen LogP contribution in [0.5, 0.6) is 0 Å². The van der Waals surface area contributed by atoms with E-state index in [1.54, 1.807) is 6.07 Å². The van der Waals surface area contributed by atoms with Crippen LogP contribution in [0.15, 0.2) is 35.3 Å². The fraction of sp³-hybridized carbons (Fsp3) is 0.286. The molecule has 0 saturated carbocycles. The van der Waals surface area contributed by atoms with Gasteiger partial charge in [-0.1, -0.05) is 17.7 Å². The zero-order chi connectivity index (χ0) is 14.7. The van der Waals surface area contributed by atoms with Gasteiger partial charge < -0.3 is 5.32 Å². The third-order valence-corrected chi connectivity index (χ3v) is 3.05. The molecule has 0 radical (unpaired) electrons. The summed E-state index contributed by atoms with van der Waals surface area (Å²) in [6, 6.07) is 6.04. The molecule has 4 nitrogen and oxygen atoms in total. The van der Waals surface area contributed by atoms with E-state index in [4.69, 9.17) is 11.6 Å². The Kier molecular flexibility index (Phi) is 4.39. The van der Waals surface area contributed by atoms with E-state index in [1.165, 1.54) is 29.1 Å². The Bertz CT molecular complexity index is 649. The summed E-state index contributed by atoms with van der Waals surface area (Å²) in [4.78, 5) is 11.9. The Labute approximate surface area is 121 Å². The van der Waals surface area contributed by atoms with Crippen molar-refractivity contribution in [2.45, 2.75) is 26.4 Å². The average Bonchev–Trinajstić information content (AvgIpc) is 2.35. The molecule has 0 aliphatic carbocycles. The molecular weight excluding hydrogens is 281 g/mol. The maximum Gasteiger partial charge on any atom is 0.269 e. The number of halogens is 2. The smallest absolute Gasteiger partial charge is 0.269 e. The summed E-state index contributed by atoms with van der Waals surface area (Å²) < 4.78 is 14.9. The van der Waals surface area contributed by atoms with Crippen molar-refractivity contribution >= 4 is 17.3 Å². The zero-order valence-corrected chi connectivity index (χ0v) is 12.0. The van der Waals surface area contributed by atoms with E-state index in [-0.39, 0.29) is 28.7 Å². The van der Waals surface area contributed by atoms with Crippen molar-refractivity contribution in [2.24, 2.45) is 0 Å². The predicted molar refractivity (Wildman–Crippen MR) is 77.8 cm³/mol. The molecule has 0 atom stereocenters. The monoisotopic (exact) mass is 295 g/mol. The van der Waals surface area contributed by atoms with Crippen LogP contribution in [0, 0.1) is 5.82 Å². The number of hydrogen-bond acceptors (Lipinski definition) is 3. The van der Waals surface area contributed by atoms with E-state index in [0.29, 0.717) is 5.69 Å². The highest BCUT2D eigenvalue weighted by Crippen LogP contribution is 2.19. The van der Waals surface area contributed by atoms with Crippen LogP contribution >= 0.6 is 11.6 Å². The van der Waals surface area contributed by atoms with Crippen LogP contribution in [0.4, 0.5) is 10.1 Å². The molecule has 0 amide bonds. The molecule has 2 aromatic rings. The number of nitrogens with zero attached hydrogens (tertiary/aromatic N) is 2. The third-order valence-electron chi connectivity index (χ3n) is 2.69. The molecule has 20 heavy (non-hydrogen) atoms. The Balaban J connectivity index is 2.29. The number of aromatic nitrogens is 2. The fourth-order valence-electron chi connectivity index (χ4n) is 1.80. The molecule has 0 aliphatic heterocycles. The van der Waals surface area contributed by atoms with Crippen LogP contribution in [0.3, 0.4) is 0 Å². The molecule has 0 unspecified atom stereocenters. The normalized spacial score (nSPS) is 10.8. The molecule has 0 aliphatic rings. The number of rotatable bonds is 4. The summed E-state index contributed by atoms with van der Waals surface area (Å²) in [5.41, 5.74) is 0.587. The molecule has 1 N–H and O–H groups in total. The van der Waals surface area contributed by atoms with Gasteiger partial charge in [0.15, 0.2) is 0 Å². The Morgan fingerprint density at radius 3 is 2.80 bits per heavy atom. The second-order valence-electron chi connectivity index (χ2n) is 4.74. The van der Waals surface area contributed by atoms with Crippen molar-refractivity contribution in [2.75, 3.05) is 5.32 Å². The molecule has 0 fully saturated rings. The van der Waals surface area contributed by atoms with Crippen LogP contribution in [0.1, 0.15) is 19.4 Å². The number of hydrogen-bond donors (Lipinski definition) is 1. The molecule has 0 bridgehead atoms. The number of nitrogens with one attached hydrogen (secondary N) is 1. The van der Waals surface area contributed by atoms with Gasteiger partial charge in [0.05, 0.1) is 18.4 Å². The first-order valence-corrected chi connectivity index (χ1v) is 6.62. The van der Waals surface area contributed by atoms with Gasteiger partial charge in [-0.25, -0.2) is 9.07 Å². The van der Waals surface area contributed by atoms with Crippen molar-refractivity contribution in [3.05, 3.63) is 57.2 Å². The molecule has 0 saturated heterocycles. The lowest BCUT2D eigenvalue weighted by molar-refractivity contribution is 0.572. The van der Waals surface area contributed by atoms with Gasteiger partial charge in [-0.15, -0.1) is 0 Å². The standard InChI is InChI=1S/C14H15ClFN3O/c1-9(2)18-10-6-14(20)19(17-7-10)8-11-12(15)4-3-5-13(11)16/h3-7,9,18H,8H2,1-2H3. The van der Waals surface area contributed by atoms with Gasteiger partial charge in [-0.3, -0.25) is 4.79 Å². The average molecular weight is 296 g/mol. The highest BCUT2D eigenvalue weighted by Gasteiger charge is 2.09. The molecule has 6 heteroatoms. The highest BCUT2D eigenvalue weighted by molar-refractivity contribution is 6.31. The predicted octanol–water partition coefficient (Wildman–Crippen LogP) is 2.90.